The fourth-order valence-electron chi connectivity index (χ4n) is 4.37. The maximum absolute atomic E-state index is 13.2. The van der Waals surface area contributed by atoms with Crippen molar-refractivity contribution in [2.24, 2.45) is 0 Å². The third-order valence-electron chi connectivity index (χ3n) is 6.58. The van der Waals surface area contributed by atoms with Gasteiger partial charge >= 0.3 is 12.2 Å². The number of hydrogen-bond donors (Lipinski definition) is 3. The summed E-state index contributed by atoms with van der Waals surface area (Å²) >= 11 is 1.33. The molecule has 0 fully saturated rings. The minimum atomic E-state index is -0.853. The van der Waals surface area contributed by atoms with Gasteiger partial charge in [0.1, 0.15) is 11.2 Å². The van der Waals surface area contributed by atoms with E-state index < -0.39 is 35.4 Å². The van der Waals surface area contributed by atoms with Gasteiger partial charge in [0.25, 0.3) is 0 Å². The fraction of sp³-hybridized carbons (Fsp3) is 0.471. The molecule has 45 heavy (non-hydrogen) atoms. The van der Waals surface area contributed by atoms with Crippen LogP contribution in [0, 0.1) is 0 Å². The Kier molecular flexibility index (Phi) is 12.1. The van der Waals surface area contributed by atoms with Crippen LogP contribution in [-0.2, 0) is 27.1 Å². The fourth-order valence-corrected chi connectivity index (χ4v) is 5.35. The van der Waals surface area contributed by atoms with Crippen LogP contribution in [0.5, 0.6) is 0 Å². The number of nitrogens with one attached hydrogen (secondary N) is 2. The number of aliphatic hydroxyl groups is 1. The predicted octanol–water partition coefficient (Wildman–Crippen LogP) is 7.31. The first-order valence-corrected chi connectivity index (χ1v) is 16.0. The normalized spacial score (nSPS) is 13.0. The van der Waals surface area contributed by atoms with E-state index in [1.807, 2.05) is 82.3 Å². The van der Waals surface area contributed by atoms with E-state index in [0.29, 0.717) is 35.9 Å². The molecule has 0 radical (unpaired) electrons. The highest BCUT2D eigenvalue weighted by molar-refractivity contribution is 7.15. The average molecular weight is 639 g/mol. The van der Waals surface area contributed by atoms with Gasteiger partial charge in [-0.1, -0.05) is 49.4 Å². The van der Waals surface area contributed by atoms with Gasteiger partial charge in [0, 0.05) is 17.1 Å². The first kappa shape index (κ1) is 35.5. The average Bonchev–Trinajstić information content (AvgIpc) is 3.36. The van der Waals surface area contributed by atoms with Crippen molar-refractivity contribution < 1.29 is 29.0 Å². The molecule has 3 rings (SSSR count). The zero-order chi connectivity index (χ0) is 33.4. The van der Waals surface area contributed by atoms with E-state index in [4.69, 9.17) is 9.47 Å². The van der Waals surface area contributed by atoms with Gasteiger partial charge in [0.05, 0.1) is 24.3 Å². The lowest BCUT2D eigenvalue weighted by Crippen LogP contribution is -2.40. The van der Waals surface area contributed by atoms with Gasteiger partial charge in [-0.2, -0.15) is 0 Å². The molecule has 3 N–H and O–H groups in total. The molecular weight excluding hydrogens is 592 g/mol. The third-order valence-corrected chi connectivity index (χ3v) is 7.71. The topological polar surface area (TPSA) is 130 Å². The van der Waals surface area contributed by atoms with Gasteiger partial charge in [0.15, 0.2) is 5.13 Å². The van der Waals surface area contributed by atoms with Crippen LogP contribution in [0.25, 0.3) is 0 Å². The number of aromatic nitrogens is 1. The van der Waals surface area contributed by atoms with Crippen molar-refractivity contribution in [1.29, 1.82) is 0 Å². The molecule has 1 heterocycles. The lowest BCUT2D eigenvalue weighted by molar-refractivity contribution is -0.117. The Balaban J connectivity index is 1.63. The number of thiazole rings is 1. The summed E-state index contributed by atoms with van der Waals surface area (Å²) in [6, 6.07) is 16.6. The van der Waals surface area contributed by atoms with Crippen LogP contribution in [0.3, 0.4) is 0 Å². The highest BCUT2D eigenvalue weighted by Gasteiger charge is 2.26. The standard InChI is InChI=1S/C34H46N4O6S/c1-9-27-28(36-30(45-27)37-31(41)43-33(3,4)5)22(2)29(40)35-25-17-15-23(16-18-25)19-20-38(32(42)44-34(6,7)8)21-26(39)24-13-11-10-12-14-24/h10-18,22,26,39H,9,19-21H2,1-8H3,(H,35,40)(H,36,37,41)/t22?,26-/m0/s1. The van der Waals surface area contributed by atoms with Gasteiger partial charge in [-0.25, -0.2) is 14.6 Å². The number of carbonyl (C=O) groups excluding carboxylic acids is 3. The second kappa shape index (κ2) is 15.4. The van der Waals surface area contributed by atoms with Crippen molar-refractivity contribution in [2.45, 2.75) is 91.5 Å². The Morgan fingerprint density at radius 2 is 1.56 bits per heavy atom. The van der Waals surface area contributed by atoms with Gasteiger partial charge < -0.3 is 24.8 Å². The number of hydrogen-bond acceptors (Lipinski definition) is 8. The third kappa shape index (κ3) is 11.5. The number of amides is 3. The Labute approximate surface area is 270 Å². The monoisotopic (exact) mass is 638 g/mol. The van der Waals surface area contributed by atoms with Crippen molar-refractivity contribution in [3.8, 4) is 0 Å². The van der Waals surface area contributed by atoms with E-state index in [1.54, 1.807) is 27.7 Å². The molecule has 0 bridgehead atoms. The number of carbonyl (C=O) groups is 3. The molecule has 0 saturated heterocycles. The van der Waals surface area contributed by atoms with Crippen LogP contribution < -0.4 is 10.6 Å². The zero-order valence-electron chi connectivity index (χ0n) is 27.5. The summed E-state index contributed by atoms with van der Waals surface area (Å²) in [5.41, 5.74) is 1.61. The number of aliphatic hydroxyl groups excluding tert-OH is 1. The minimum Gasteiger partial charge on any atom is -0.444 e. The maximum Gasteiger partial charge on any atom is 0.413 e. The van der Waals surface area contributed by atoms with Crippen LogP contribution in [-0.4, -0.2) is 57.4 Å². The number of rotatable bonds is 11. The van der Waals surface area contributed by atoms with Crippen LogP contribution in [0.4, 0.5) is 20.4 Å². The number of ether oxygens (including phenoxy) is 2. The Bertz CT molecular complexity index is 1430. The summed E-state index contributed by atoms with van der Waals surface area (Å²) < 4.78 is 10.9. The summed E-state index contributed by atoms with van der Waals surface area (Å²) in [6.07, 6.45) is -0.749. The molecule has 1 unspecified atom stereocenters. The molecule has 11 heteroatoms. The highest BCUT2D eigenvalue weighted by atomic mass is 32.1. The minimum absolute atomic E-state index is 0.0936. The second-order valence-electron chi connectivity index (χ2n) is 12.8. The van der Waals surface area contributed by atoms with Gasteiger partial charge in [0.2, 0.25) is 5.91 Å². The molecule has 2 aromatic carbocycles. The zero-order valence-corrected chi connectivity index (χ0v) is 28.3. The van der Waals surface area contributed by atoms with Crippen LogP contribution in [0.15, 0.2) is 54.6 Å². The number of benzene rings is 2. The number of anilines is 2. The van der Waals surface area contributed by atoms with Crippen molar-refractivity contribution in [3.63, 3.8) is 0 Å². The number of aryl methyl sites for hydroxylation is 1. The lowest BCUT2D eigenvalue weighted by Gasteiger charge is -2.29. The van der Waals surface area contributed by atoms with E-state index in [1.165, 1.54) is 16.2 Å². The molecule has 2 atom stereocenters. The van der Waals surface area contributed by atoms with E-state index >= 15 is 0 Å². The van der Waals surface area contributed by atoms with E-state index in [9.17, 15) is 19.5 Å². The maximum atomic E-state index is 13.2. The predicted molar refractivity (Wildman–Crippen MR) is 178 cm³/mol. The smallest absolute Gasteiger partial charge is 0.413 e. The van der Waals surface area contributed by atoms with E-state index in [-0.39, 0.29) is 12.5 Å². The van der Waals surface area contributed by atoms with Gasteiger partial charge in [-0.15, -0.1) is 11.3 Å². The quantitative estimate of drug-likeness (QED) is 0.201. The molecule has 0 aliphatic carbocycles. The molecule has 0 spiro atoms. The highest BCUT2D eigenvalue weighted by Crippen LogP contribution is 2.30. The summed E-state index contributed by atoms with van der Waals surface area (Å²) in [7, 11) is 0. The van der Waals surface area contributed by atoms with Gasteiger partial charge in [-0.05, 0) is 84.6 Å². The molecule has 0 aliphatic heterocycles. The Hall–Kier alpha value is -3.96. The van der Waals surface area contributed by atoms with E-state index in [0.717, 1.165) is 16.0 Å². The molecule has 3 amide bonds. The van der Waals surface area contributed by atoms with Crippen LogP contribution in [0.2, 0.25) is 0 Å². The SMILES string of the molecule is CCc1sc(NC(=O)OC(C)(C)C)nc1C(C)C(=O)Nc1ccc(CCN(C[C@H](O)c2ccccc2)C(=O)OC(C)(C)C)cc1. The molecular formula is C34H46N4O6S. The van der Waals surface area contributed by atoms with E-state index in [2.05, 4.69) is 15.6 Å². The molecule has 244 valence electrons. The molecule has 0 saturated carbocycles. The largest absolute Gasteiger partial charge is 0.444 e. The Morgan fingerprint density at radius 1 is 0.933 bits per heavy atom. The van der Waals surface area contributed by atoms with Gasteiger partial charge in [-0.3, -0.25) is 10.1 Å². The summed E-state index contributed by atoms with van der Waals surface area (Å²) in [4.78, 5) is 45.3. The summed E-state index contributed by atoms with van der Waals surface area (Å²) in [5.74, 6) is -0.777. The molecule has 10 nitrogen and oxygen atoms in total. The first-order valence-electron chi connectivity index (χ1n) is 15.1. The molecule has 0 aliphatic rings. The van der Waals surface area contributed by atoms with Crippen LogP contribution in [0.1, 0.15) is 89.1 Å². The van der Waals surface area contributed by atoms with Crippen molar-refractivity contribution >= 4 is 40.2 Å². The summed E-state index contributed by atoms with van der Waals surface area (Å²) in [5, 5.41) is 16.8. The first-order chi connectivity index (χ1) is 21.0. The van der Waals surface area contributed by atoms with Crippen molar-refractivity contribution in [1.82, 2.24) is 9.88 Å². The molecule has 1 aromatic heterocycles. The van der Waals surface area contributed by atoms with Crippen LogP contribution >= 0.6 is 11.3 Å². The van der Waals surface area contributed by atoms with Crippen molar-refractivity contribution in [2.75, 3.05) is 23.7 Å². The lowest BCUT2D eigenvalue weighted by atomic mass is 10.0. The number of nitrogens with zero attached hydrogens (tertiary/aromatic N) is 2. The molecule has 3 aromatic rings. The van der Waals surface area contributed by atoms with Crippen molar-refractivity contribution in [3.05, 3.63) is 76.3 Å². The summed E-state index contributed by atoms with van der Waals surface area (Å²) in [6.45, 7) is 15.0. The Morgan fingerprint density at radius 3 is 2.13 bits per heavy atom. The second-order valence-corrected chi connectivity index (χ2v) is 13.9.